The van der Waals surface area contributed by atoms with Gasteiger partial charge < -0.3 is 26.8 Å². The van der Waals surface area contributed by atoms with Crippen molar-refractivity contribution < 1.29 is 19.5 Å². The van der Waals surface area contributed by atoms with Crippen LogP contribution in [0.15, 0.2) is 24.3 Å². The molecule has 1 aromatic rings. The molecule has 0 fully saturated rings. The van der Waals surface area contributed by atoms with Crippen LogP contribution in [0.25, 0.3) is 0 Å². The summed E-state index contributed by atoms with van der Waals surface area (Å²) in [5.74, 6) is -2.12. The molecule has 0 heterocycles. The molecule has 9 nitrogen and oxygen atoms in total. The average Bonchev–Trinajstić information content (AvgIpc) is 2.48. The molecule has 0 bridgehead atoms. The molecule has 1 aromatic carbocycles. The molecule has 1 radical (unpaired) electrons. The van der Waals surface area contributed by atoms with E-state index >= 15 is 0 Å². The number of hydrogen-bond donors (Lipinski definition) is 6. The lowest BCUT2D eigenvalue weighted by Crippen LogP contribution is -2.36. The lowest BCUT2D eigenvalue weighted by atomic mass is 10.2. The first kappa shape index (κ1) is 18.0. The average molecular weight is 320 g/mol. The highest BCUT2D eigenvalue weighted by Crippen LogP contribution is 2.09. The zero-order valence-corrected chi connectivity index (χ0v) is 12.3. The second kappa shape index (κ2) is 9.03. The van der Waals surface area contributed by atoms with Crippen LogP contribution >= 0.6 is 0 Å². The normalized spacial score (nSPS) is 9.74. The van der Waals surface area contributed by atoms with Gasteiger partial charge in [0.1, 0.15) is 0 Å². The second-order valence-corrected chi connectivity index (χ2v) is 4.51. The van der Waals surface area contributed by atoms with Gasteiger partial charge in [0.25, 0.3) is 5.91 Å². The highest BCUT2D eigenvalue weighted by atomic mass is 16.4. The molecule has 0 saturated heterocycles. The van der Waals surface area contributed by atoms with Crippen LogP contribution in [0, 0.1) is 12.0 Å². The van der Waals surface area contributed by atoms with Gasteiger partial charge in [-0.15, -0.1) is 0 Å². The number of guanidine groups is 1. The Hall–Kier alpha value is -3.10. The molecule has 0 aliphatic rings. The van der Waals surface area contributed by atoms with Crippen molar-refractivity contribution in [2.45, 2.75) is 12.8 Å². The van der Waals surface area contributed by atoms with Gasteiger partial charge in [0.2, 0.25) is 5.91 Å². The fraction of sp³-hybridized carbons (Fsp3) is 0.214. The molecule has 0 aliphatic heterocycles. The fourth-order valence-electron chi connectivity index (χ4n) is 1.59. The lowest BCUT2D eigenvalue weighted by molar-refractivity contribution is -0.137. The molecule has 0 aliphatic carbocycles. The van der Waals surface area contributed by atoms with Gasteiger partial charge in [-0.25, -0.2) is 0 Å². The topological polar surface area (TPSA) is 157 Å². The third-order valence-electron chi connectivity index (χ3n) is 2.58. The van der Waals surface area contributed by atoms with E-state index in [1.807, 2.05) is 0 Å². The number of carbonyl (C=O) groups is 3. The number of rotatable bonds is 8. The minimum absolute atomic E-state index is 0.0808. The SMILES string of the molecule is N=C(N)Nc1cccc(C(=O)NCC(=O)N[CH]CCC(=O)O)c1. The van der Waals surface area contributed by atoms with Crippen LogP contribution in [0.1, 0.15) is 23.2 Å². The predicted octanol–water partition coefficient (Wildman–Crippen LogP) is -0.135. The van der Waals surface area contributed by atoms with E-state index in [1.54, 1.807) is 18.2 Å². The van der Waals surface area contributed by atoms with Gasteiger partial charge in [-0.3, -0.25) is 19.8 Å². The van der Waals surface area contributed by atoms with Crippen molar-refractivity contribution in [2.24, 2.45) is 5.73 Å². The van der Waals surface area contributed by atoms with Gasteiger partial charge in [-0.1, -0.05) is 6.07 Å². The summed E-state index contributed by atoms with van der Waals surface area (Å²) in [6.45, 7) is 1.09. The first-order valence-corrected chi connectivity index (χ1v) is 6.70. The number of anilines is 1. The minimum atomic E-state index is -0.956. The highest BCUT2D eigenvalue weighted by molar-refractivity contribution is 5.98. The number of nitrogens with two attached hydrogens (primary N) is 1. The van der Waals surface area contributed by atoms with E-state index in [1.165, 1.54) is 12.6 Å². The van der Waals surface area contributed by atoms with Gasteiger partial charge in [-0.05, 0) is 24.6 Å². The predicted molar refractivity (Wildman–Crippen MR) is 83.6 cm³/mol. The lowest BCUT2D eigenvalue weighted by Gasteiger charge is -2.08. The van der Waals surface area contributed by atoms with E-state index in [0.29, 0.717) is 11.3 Å². The van der Waals surface area contributed by atoms with Crippen LogP contribution < -0.4 is 21.7 Å². The van der Waals surface area contributed by atoms with Crippen molar-refractivity contribution in [3.8, 4) is 0 Å². The monoisotopic (exact) mass is 320 g/mol. The summed E-state index contributed by atoms with van der Waals surface area (Å²) < 4.78 is 0. The summed E-state index contributed by atoms with van der Waals surface area (Å²) in [6.07, 6.45) is 0.121. The summed E-state index contributed by atoms with van der Waals surface area (Å²) in [7, 11) is 0. The largest absolute Gasteiger partial charge is 0.481 e. The second-order valence-electron chi connectivity index (χ2n) is 4.51. The minimum Gasteiger partial charge on any atom is -0.481 e. The van der Waals surface area contributed by atoms with Crippen LogP contribution in [0.2, 0.25) is 0 Å². The number of hydrogen-bond acceptors (Lipinski definition) is 4. The summed E-state index contributed by atoms with van der Waals surface area (Å²) in [4.78, 5) is 33.7. The van der Waals surface area contributed by atoms with E-state index in [-0.39, 0.29) is 25.3 Å². The van der Waals surface area contributed by atoms with E-state index in [4.69, 9.17) is 16.2 Å². The molecule has 0 saturated carbocycles. The standard InChI is InChI=1S/C14H18N5O4/c15-14(16)19-10-4-1-3-9(7-10)13(23)18-8-11(20)17-6-2-5-12(21)22/h1,3-4,6-7H,2,5,8H2,(H,17,20)(H,18,23)(H,21,22)(H4,15,16,19). The van der Waals surface area contributed by atoms with Gasteiger partial charge in [0.15, 0.2) is 5.96 Å². The highest BCUT2D eigenvalue weighted by Gasteiger charge is 2.09. The molecule has 123 valence electrons. The Morgan fingerprint density at radius 1 is 1.30 bits per heavy atom. The van der Waals surface area contributed by atoms with E-state index < -0.39 is 17.8 Å². The first-order chi connectivity index (χ1) is 10.9. The molecular formula is C14H18N5O4. The molecule has 0 aromatic heterocycles. The van der Waals surface area contributed by atoms with E-state index in [9.17, 15) is 14.4 Å². The van der Waals surface area contributed by atoms with E-state index in [0.717, 1.165) is 0 Å². The number of benzene rings is 1. The number of nitrogens with one attached hydrogen (secondary N) is 4. The first-order valence-electron chi connectivity index (χ1n) is 6.70. The Bertz CT molecular complexity index is 603. The molecule has 7 N–H and O–H groups in total. The van der Waals surface area contributed by atoms with Crippen LogP contribution in [0.4, 0.5) is 5.69 Å². The zero-order valence-electron chi connectivity index (χ0n) is 12.3. The molecule has 0 spiro atoms. The Morgan fingerprint density at radius 2 is 2.04 bits per heavy atom. The van der Waals surface area contributed by atoms with Gasteiger partial charge in [0.05, 0.1) is 6.54 Å². The quantitative estimate of drug-likeness (QED) is 0.222. The molecule has 0 atom stereocenters. The number of carbonyl (C=O) groups excluding carboxylic acids is 2. The summed E-state index contributed by atoms with van der Waals surface area (Å²) >= 11 is 0. The van der Waals surface area contributed by atoms with Crippen LogP contribution in [-0.2, 0) is 9.59 Å². The van der Waals surface area contributed by atoms with Crippen LogP contribution in [0.3, 0.4) is 0 Å². The smallest absolute Gasteiger partial charge is 0.303 e. The third-order valence-corrected chi connectivity index (χ3v) is 2.58. The van der Waals surface area contributed by atoms with Gasteiger partial charge >= 0.3 is 5.97 Å². The summed E-state index contributed by atoms with van der Waals surface area (Å²) in [6, 6.07) is 6.30. The molecule has 1 rings (SSSR count). The summed E-state index contributed by atoms with van der Waals surface area (Å²) in [5, 5.41) is 22.9. The molecule has 0 unspecified atom stereocenters. The maximum atomic E-state index is 11.9. The summed E-state index contributed by atoms with van der Waals surface area (Å²) in [5.41, 5.74) is 5.99. The molecule has 23 heavy (non-hydrogen) atoms. The molecular weight excluding hydrogens is 302 g/mol. The van der Waals surface area contributed by atoms with Crippen molar-refractivity contribution in [1.29, 1.82) is 5.41 Å². The number of carboxylic acids is 1. The van der Waals surface area contributed by atoms with Crippen molar-refractivity contribution >= 4 is 29.4 Å². The molecule has 9 heteroatoms. The fourth-order valence-corrected chi connectivity index (χ4v) is 1.59. The number of carboxylic acid groups (broad SMARTS) is 1. The van der Waals surface area contributed by atoms with Crippen LogP contribution in [-0.4, -0.2) is 35.4 Å². The Balaban J connectivity index is 2.39. The van der Waals surface area contributed by atoms with Crippen molar-refractivity contribution in [3.63, 3.8) is 0 Å². The maximum Gasteiger partial charge on any atom is 0.303 e. The Kier molecular flexibility index (Phi) is 7.05. The van der Waals surface area contributed by atoms with Crippen molar-refractivity contribution in [1.82, 2.24) is 10.6 Å². The molecule has 2 amide bonds. The van der Waals surface area contributed by atoms with E-state index in [2.05, 4.69) is 16.0 Å². The maximum absolute atomic E-state index is 11.9. The van der Waals surface area contributed by atoms with Crippen molar-refractivity contribution in [2.75, 3.05) is 11.9 Å². The van der Waals surface area contributed by atoms with Crippen LogP contribution in [0.5, 0.6) is 0 Å². The number of amides is 2. The number of aliphatic carboxylic acids is 1. The van der Waals surface area contributed by atoms with Gasteiger partial charge in [-0.2, -0.15) is 0 Å². The van der Waals surface area contributed by atoms with Gasteiger partial charge in [0, 0.05) is 24.2 Å². The Labute approximate surface area is 132 Å². The Morgan fingerprint density at radius 3 is 2.70 bits per heavy atom. The zero-order chi connectivity index (χ0) is 17.2. The van der Waals surface area contributed by atoms with Crippen molar-refractivity contribution in [3.05, 3.63) is 36.4 Å². The third kappa shape index (κ3) is 7.46.